The molecular weight excluding hydrogens is 361 g/mol. The van der Waals surface area contributed by atoms with Gasteiger partial charge in [-0.1, -0.05) is 30.3 Å². The number of pyridine rings is 1. The molecule has 0 bridgehead atoms. The zero-order valence-electron chi connectivity index (χ0n) is 13.7. The molecule has 1 aromatic heterocycles. The maximum atomic E-state index is 13.7. The van der Waals surface area contributed by atoms with Crippen molar-refractivity contribution in [2.24, 2.45) is 0 Å². The van der Waals surface area contributed by atoms with Crippen molar-refractivity contribution in [2.45, 2.75) is 6.54 Å². The van der Waals surface area contributed by atoms with Gasteiger partial charge in [0.15, 0.2) is 11.6 Å². The summed E-state index contributed by atoms with van der Waals surface area (Å²) < 4.78 is 45.1. The van der Waals surface area contributed by atoms with Crippen LogP contribution in [0.2, 0.25) is 0 Å². The van der Waals surface area contributed by atoms with Crippen molar-refractivity contribution in [1.29, 1.82) is 0 Å². The van der Waals surface area contributed by atoms with Crippen LogP contribution in [0.25, 0.3) is 11.1 Å². The predicted octanol–water partition coefficient (Wildman–Crippen LogP) is 4.73. The van der Waals surface area contributed by atoms with Crippen LogP contribution in [-0.2, 0) is 6.54 Å². The number of carboxylic acid groups (broad SMARTS) is 1. The minimum atomic E-state index is -1.46. The summed E-state index contributed by atoms with van der Waals surface area (Å²) in [5, 5.41) is 11.0. The molecule has 0 atom stereocenters. The smallest absolute Gasteiger partial charge is 0.404 e. The third-order valence-corrected chi connectivity index (χ3v) is 3.61. The first kappa shape index (κ1) is 18.2. The third kappa shape index (κ3) is 4.55. The van der Waals surface area contributed by atoms with Gasteiger partial charge in [-0.15, -0.1) is 0 Å². The monoisotopic (exact) mass is 374 g/mol. The normalized spacial score (nSPS) is 10.5. The topological polar surface area (TPSA) is 71.5 Å². The van der Waals surface area contributed by atoms with Crippen molar-refractivity contribution in [3.8, 4) is 22.8 Å². The molecule has 2 N–H and O–H groups in total. The van der Waals surface area contributed by atoms with E-state index in [9.17, 15) is 18.0 Å². The summed E-state index contributed by atoms with van der Waals surface area (Å²) in [6.45, 7) is 0.142. The minimum Gasteiger partial charge on any atom is -0.465 e. The van der Waals surface area contributed by atoms with Crippen LogP contribution in [0.1, 0.15) is 5.56 Å². The third-order valence-electron chi connectivity index (χ3n) is 3.61. The van der Waals surface area contributed by atoms with E-state index >= 15 is 0 Å². The summed E-state index contributed by atoms with van der Waals surface area (Å²) in [5.41, 5.74) is 2.21. The summed E-state index contributed by atoms with van der Waals surface area (Å²) in [7, 11) is 0. The molecule has 138 valence electrons. The van der Waals surface area contributed by atoms with Crippen molar-refractivity contribution in [3.05, 3.63) is 77.7 Å². The largest absolute Gasteiger partial charge is 0.465 e. The lowest BCUT2D eigenvalue weighted by Crippen LogP contribution is -2.19. The highest BCUT2D eigenvalue weighted by molar-refractivity contribution is 5.67. The van der Waals surface area contributed by atoms with Gasteiger partial charge >= 0.3 is 6.09 Å². The standard InChI is InChI=1S/C19H13F3N2O3/c20-15-9-16(21)18(24-17(15)22)27-14-6-2-5-13(8-14)12-4-1-3-11(7-12)10-23-19(25)26/h1-9,23H,10H2,(H,25,26). The first-order chi connectivity index (χ1) is 12.9. The molecule has 0 aliphatic rings. The molecule has 0 saturated heterocycles. The minimum absolute atomic E-state index is 0.142. The Morgan fingerprint density at radius 2 is 1.70 bits per heavy atom. The fraction of sp³-hybridized carbons (Fsp3) is 0.0526. The molecule has 0 aliphatic heterocycles. The molecule has 3 rings (SSSR count). The first-order valence-electron chi connectivity index (χ1n) is 7.78. The maximum Gasteiger partial charge on any atom is 0.404 e. The summed E-state index contributed by atoms with van der Waals surface area (Å²) in [6.07, 6.45) is -1.13. The van der Waals surface area contributed by atoms with E-state index in [-0.39, 0.29) is 12.3 Å². The van der Waals surface area contributed by atoms with Gasteiger partial charge in [0, 0.05) is 12.6 Å². The van der Waals surface area contributed by atoms with Gasteiger partial charge in [-0.3, -0.25) is 0 Å². The highest BCUT2D eigenvalue weighted by Gasteiger charge is 2.14. The maximum absolute atomic E-state index is 13.7. The van der Waals surface area contributed by atoms with Crippen LogP contribution < -0.4 is 10.1 Å². The molecule has 0 radical (unpaired) electrons. The molecule has 3 aromatic rings. The van der Waals surface area contributed by atoms with Crippen LogP contribution in [0, 0.1) is 17.6 Å². The number of aromatic nitrogens is 1. The molecule has 0 saturated carbocycles. The van der Waals surface area contributed by atoms with Gasteiger partial charge in [-0.2, -0.15) is 9.37 Å². The zero-order valence-corrected chi connectivity index (χ0v) is 13.7. The van der Waals surface area contributed by atoms with Crippen molar-refractivity contribution in [1.82, 2.24) is 10.3 Å². The van der Waals surface area contributed by atoms with Gasteiger partial charge in [0.1, 0.15) is 5.75 Å². The van der Waals surface area contributed by atoms with Crippen LogP contribution in [0.3, 0.4) is 0 Å². The fourth-order valence-corrected chi connectivity index (χ4v) is 2.39. The second kappa shape index (κ2) is 7.77. The Morgan fingerprint density at radius 3 is 2.44 bits per heavy atom. The summed E-state index contributed by atoms with van der Waals surface area (Å²) in [6, 6.07) is 14.0. The lowest BCUT2D eigenvalue weighted by molar-refractivity contribution is 0.194. The van der Waals surface area contributed by atoms with E-state index < -0.39 is 29.6 Å². The molecule has 0 spiro atoms. The molecule has 27 heavy (non-hydrogen) atoms. The number of hydrogen-bond acceptors (Lipinski definition) is 3. The van der Waals surface area contributed by atoms with E-state index in [0.717, 1.165) is 11.1 Å². The Labute approximate surface area is 152 Å². The lowest BCUT2D eigenvalue weighted by Gasteiger charge is -2.09. The molecule has 1 amide bonds. The van der Waals surface area contributed by atoms with E-state index in [0.29, 0.717) is 11.6 Å². The number of nitrogens with one attached hydrogen (secondary N) is 1. The van der Waals surface area contributed by atoms with Crippen molar-refractivity contribution < 1.29 is 27.8 Å². The predicted molar refractivity (Wildman–Crippen MR) is 90.9 cm³/mol. The number of carbonyl (C=O) groups is 1. The Kier molecular flexibility index (Phi) is 5.25. The molecule has 0 fully saturated rings. The Bertz CT molecular complexity index is 996. The van der Waals surface area contributed by atoms with Crippen molar-refractivity contribution in [2.75, 3.05) is 0 Å². The van der Waals surface area contributed by atoms with Crippen LogP contribution in [0.4, 0.5) is 18.0 Å². The summed E-state index contributed by atoms with van der Waals surface area (Å²) in [5.74, 6) is -4.48. The highest BCUT2D eigenvalue weighted by atomic mass is 19.2. The highest BCUT2D eigenvalue weighted by Crippen LogP contribution is 2.28. The average Bonchev–Trinajstić information content (AvgIpc) is 2.65. The van der Waals surface area contributed by atoms with Crippen LogP contribution >= 0.6 is 0 Å². The number of amides is 1. The average molecular weight is 374 g/mol. The number of rotatable bonds is 5. The Morgan fingerprint density at radius 1 is 1.00 bits per heavy atom. The van der Waals surface area contributed by atoms with E-state index in [2.05, 4.69) is 10.3 Å². The van der Waals surface area contributed by atoms with Gasteiger partial charge in [0.25, 0.3) is 11.8 Å². The first-order valence-corrected chi connectivity index (χ1v) is 7.78. The SMILES string of the molecule is O=C(O)NCc1cccc(-c2cccc(Oc3nc(F)c(F)cc3F)c2)c1. The Balaban J connectivity index is 1.85. The van der Waals surface area contributed by atoms with E-state index in [1.807, 2.05) is 0 Å². The second-order valence-electron chi connectivity index (χ2n) is 5.54. The number of benzene rings is 2. The second-order valence-corrected chi connectivity index (χ2v) is 5.54. The summed E-state index contributed by atoms with van der Waals surface area (Å²) in [4.78, 5) is 13.7. The van der Waals surface area contributed by atoms with Crippen LogP contribution in [0.5, 0.6) is 11.6 Å². The van der Waals surface area contributed by atoms with Gasteiger partial charge in [-0.05, 0) is 34.9 Å². The van der Waals surface area contributed by atoms with Gasteiger partial charge in [-0.25, -0.2) is 13.6 Å². The van der Waals surface area contributed by atoms with E-state index in [1.54, 1.807) is 42.5 Å². The van der Waals surface area contributed by atoms with Crippen molar-refractivity contribution in [3.63, 3.8) is 0 Å². The molecule has 0 unspecified atom stereocenters. The molecular formula is C19H13F3N2O3. The van der Waals surface area contributed by atoms with Gasteiger partial charge in [0.2, 0.25) is 0 Å². The van der Waals surface area contributed by atoms with Crippen molar-refractivity contribution >= 4 is 6.09 Å². The molecule has 1 heterocycles. The molecule has 0 aliphatic carbocycles. The molecule has 8 heteroatoms. The number of ether oxygens (including phenoxy) is 1. The molecule has 5 nitrogen and oxygen atoms in total. The van der Waals surface area contributed by atoms with E-state index in [4.69, 9.17) is 9.84 Å². The number of halogens is 3. The van der Waals surface area contributed by atoms with Gasteiger partial charge < -0.3 is 15.2 Å². The Hall–Kier alpha value is -3.55. The number of nitrogens with zero attached hydrogens (tertiary/aromatic N) is 1. The summed E-state index contributed by atoms with van der Waals surface area (Å²) >= 11 is 0. The number of hydrogen-bond donors (Lipinski definition) is 2. The lowest BCUT2D eigenvalue weighted by atomic mass is 10.0. The van der Waals surface area contributed by atoms with Crippen LogP contribution in [-0.4, -0.2) is 16.2 Å². The quantitative estimate of drug-likeness (QED) is 0.634. The fourth-order valence-electron chi connectivity index (χ4n) is 2.39. The van der Waals surface area contributed by atoms with Crippen LogP contribution in [0.15, 0.2) is 54.6 Å². The molecule has 2 aromatic carbocycles. The van der Waals surface area contributed by atoms with Gasteiger partial charge in [0.05, 0.1) is 0 Å². The van der Waals surface area contributed by atoms with E-state index in [1.165, 1.54) is 6.07 Å². The zero-order chi connectivity index (χ0) is 19.4.